The number of hydrogen-bond acceptors (Lipinski definition) is 2. The Labute approximate surface area is 107 Å². The highest BCUT2D eigenvalue weighted by molar-refractivity contribution is 5.87. The van der Waals surface area contributed by atoms with Gasteiger partial charge in [0, 0.05) is 17.9 Å². The average Bonchev–Trinajstić information content (AvgIpc) is 2.25. The first-order chi connectivity index (χ1) is 7.97. The van der Waals surface area contributed by atoms with Gasteiger partial charge in [0.15, 0.2) is 0 Å². The maximum Gasteiger partial charge on any atom is 0.142 e. The molecule has 1 fully saturated rings. The van der Waals surface area contributed by atoms with Gasteiger partial charge in [-0.1, -0.05) is 40.0 Å². The normalized spacial score (nSPS) is 24.3. The van der Waals surface area contributed by atoms with Crippen LogP contribution in [0.4, 0.5) is 0 Å². The van der Waals surface area contributed by atoms with Crippen molar-refractivity contribution in [3.8, 4) is 0 Å². The Balaban J connectivity index is 2.37. The third kappa shape index (κ3) is 4.42. The van der Waals surface area contributed by atoms with Crippen LogP contribution in [-0.4, -0.2) is 30.8 Å². The Kier molecular flexibility index (Phi) is 5.64. The Morgan fingerprint density at radius 3 is 2.71 bits per heavy atom. The molecule has 0 aromatic carbocycles. The number of carbonyl (C=O) groups excluding carboxylic acids is 1. The molecule has 1 aliphatic rings. The second-order valence-corrected chi connectivity index (χ2v) is 6.31. The number of ketones is 1. The Morgan fingerprint density at radius 2 is 2.06 bits per heavy atom. The summed E-state index contributed by atoms with van der Waals surface area (Å²) in [4.78, 5) is 14.6. The molecule has 2 nitrogen and oxygen atoms in total. The average molecular weight is 239 g/mol. The first-order valence-electron chi connectivity index (χ1n) is 7.20. The lowest BCUT2D eigenvalue weighted by Crippen LogP contribution is -2.40. The lowest BCUT2D eigenvalue weighted by molar-refractivity contribution is -0.134. The van der Waals surface area contributed by atoms with Gasteiger partial charge in [-0.05, 0) is 32.9 Å². The molecule has 1 aliphatic carbocycles. The molecule has 2 heteroatoms. The molecule has 1 rings (SSSR count). The van der Waals surface area contributed by atoms with Gasteiger partial charge in [-0.25, -0.2) is 0 Å². The molecule has 0 radical (unpaired) electrons. The van der Waals surface area contributed by atoms with Crippen LogP contribution < -0.4 is 0 Å². The molecule has 1 atom stereocenters. The molecule has 0 amide bonds. The van der Waals surface area contributed by atoms with Crippen molar-refractivity contribution < 1.29 is 4.79 Å². The fraction of sp³-hybridized carbons (Fsp3) is 0.933. The van der Waals surface area contributed by atoms with Crippen LogP contribution in [0.25, 0.3) is 0 Å². The highest BCUT2D eigenvalue weighted by Crippen LogP contribution is 2.35. The lowest BCUT2D eigenvalue weighted by atomic mass is 9.71. The van der Waals surface area contributed by atoms with Gasteiger partial charge < -0.3 is 4.90 Å². The summed E-state index contributed by atoms with van der Waals surface area (Å²) >= 11 is 0. The SMILES string of the molecule is CCCCCN(C)CC1CCCC(C)(C)C1=O. The van der Waals surface area contributed by atoms with Gasteiger partial charge in [0.25, 0.3) is 0 Å². The molecule has 100 valence electrons. The summed E-state index contributed by atoms with van der Waals surface area (Å²) in [6.07, 6.45) is 7.21. The summed E-state index contributed by atoms with van der Waals surface area (Å²) in [6.45, 7) is 8.55. The number of nitrogens with zero attached hydrogens (tertiary/aromatic N) is 1. The Bertz CT molecular complexity index is 247. The van der Waals surface area contributed by atoms with Gasteiger partial charge in [-0.15, -0.1) is 0 Å². The van der Waals surface area contributed by atoms with Crippen molar-refractivity contribution in [3.05, 3.63) is 0 Å². The van der Waals surface area contributed by atoms with E-state index in [0.29, 0.717) is 5.78 Å². The molecule has 0 aliphatic heterocycles. The maximum absolute atomic E-state index is 12.3. The number of carbonyl (C=O) groups is 1. The van der Waals surface area contributed by atoms with Crippen LogP contribution in [-0.2, 0) is 4.79 Å². The lowest BCUT2D eigenvalue weighted by Gasteiger charge is -2.35. The van der Waals surface area contributed by atoms with Crippen LogP contribution in [0.5, 0.6) is 0 Å². The zero-order valence-corrected chi connectivity index (χ0v) is 12.1. The Morgan fingerprint density at radius 1 is 1.35 bits per heavy atom. The summed E-state index contributed by atoms with van der Waals surface area (Å²) in [5.74, 6) is 0.775. The van der Waals surface area contributed by atoms with Crippen LogP contribution >= 0.6 is 0 Å². The largest absolute Gasteiger partial charge is 0.306 e. The van der Waals surface area contributed by atoms with E-state index in [9.17, 15) is 4.79 Å². The van der Waals surface area contributed by atoms with Gasteiger partial charge >= 0.3 is 0 Å². The first kappa shape index (κ1) is 14.7. The maximum atomic E-state index is 12.3. The fourth-order valence-electron chi connectivity index (χ4n) is 2.87. The number of unbranched alkanes of at least 4 members (excludes halogenated alkanes) is 2. The van der Waals surface area contributed by atoms with E-state index in [4.69, 9.17) is 0 Å². The highest BCUT2D eigenvalue weighted by Gasteiger charge is 2.37. The van der Waals surface area contributed by atoms with Crippen molar-refractivity contribution in [2.45, 2.75) is 59.3 Å². The zero-order valence-electron chi connectivity index (χ0n) is 12.1. The van der Waals surface area contributed by atoms with E-state index in [0.717, 1.165) is 25.9 Å². The summed E-state index contributed by atoms with van der Waals surface area (Å²) in [6, 6.07) is 0. The van der Waals surface area contributed by atoms with Crippen molar-refractivity contribution in [3.63, 3.8) is 0 Å². The minimum atomic E-state index is -0.0762. The second kappa shape index (κ2) is 6.53. The molecule has 0 heterocycles. The number of hydrogen-bond donors (Lipinski definition) is 0. The van der Waals surface area contributed by atoms with E-state index >= 15 is 0 Å². The molecule has 0 spiro atoms. The molecular formula is C15H29NO. The molecule has 0 aromatic heterocycles. The molecule has 0 aromatic rings. The molecule has 0 saturated heterocycles. The van der Waals surface area contributed by atoms with Gasteiger partial charge in [-0.3, -0.25) is 4.79 Å². The second-order valence-electron chi connectivity index (χ2n) is 6.31. The zero-order chi connectivity index (χ0) is 12.9. The first-order valence-corrected chi connectivity index (χ1v) is 7.20. The minimum absolute atomic E-state index is 0.0762. The topological polar surface area (TPSA) is 20.3 Å². The van der Waals surface area contributed by atoms with Crippen LogP contribution in [0, 0.1) is 11.3 Å². The van der Waals surface area contributed by atoms with Crippen molar-refractivity contribution in [2.24, 2.45) is 11.3 Å². The fourth-order valence-corrected chi connectivity index (χ4v) is 2.87. The van der Waals surface area contributed by atoms with Crippen molar-refractivity contribution >= 4 is 5.78 Å². The number of rotatable bonds is 6. The quantitative estimate of drug-likeness (QED) is 0.661. The van der Waals surface area contributed by atoms with E-state index in [1.165, 1.54) is 25.7 Å². The summed E-state index contributed by atoms with van der Waals surface area (Å²) < 4.78 is 0. The molecule has 1 unspecified atom stereocenters. The highest BCUT2D eigenvalue weighted by atomic mass is 16.1. The van der Waals surface area contributed by atoms with E-state index in [-0.39, 0.29) is 11.3 Å². The predicted molar refractivity (Wildman–Crippen MR) is 73.2 cm³/mol. The van der Waals surface area contributed by atoms with Crippen LogP contribution in [0.1, 0.15) is 59.3 Å². The Hall–Kier alpha value is -0.370. The molecule has 0 bridgehead atoms. The summed E-state index contributed by atoms with van der Waals surface area (Å²) in [5, 5.41) is 0. The smallest absolute Gasteiger partial charge is 0.142 e. The van der Waals surface area contributed by atoms with E-state index < -0.39 is 0 Å². The van der Waals surface area contributed by atoms with Crippen LogP contribution in [0.3, 0.4) is 0 Å². The number of Topliss-reactive ketones (excluding diaryl/α,β-unsaturated/α-hetero) is 1. The van der Waals surface area contributed by atoms with Gasteiger partial charge in [0.2, 0.25) is 0 Å². The third-order valence-electron chi connectivity index (χ3n) is 4.07. The predicted octanol–water partition coefficient (Wildman–Crippen LogP) is 3.50. The van der Waals surface area contributed by atoms with Gasteiger partial charge in [0.05, 0.1) is 0 Å². The summed E-state index contributed by atoms with van der Waals surface area (Å²) in [7, 11) is 2.16. The van der Waals surface area contributed by atoms with Crippen molar-refractivity contribution in [1.29, 1.82) is 0 Å². The third-order valence-corrected chi connectivity index (χ3v) is 4.07. The van der Waals surface area contributed by atoms with Crippen molar-refractivity contribution in [1.82, 2.24) is 4.90 Å². The van der Waals surface area contributed by atoms with Gasteiger partial charge in [0.1, 0.15) is 5.78 Å². The van der Waals surface area contributed by atoms with E-state index in [2.05, 4.69) is 32.7 Å². The minimum Gasteiger partial charge on any atom is -0.306 e. The van der Waals surface area contributed by atoms with E-state index in [1.54, 1.807) is 0 Å². The van der Waals surface area contributed by atoms with E-state index in [1.807, 2.05) is 0 Å². The standard InChI is InChI=1S/C15H29NO/c1-5-6-7-11-16(4)12-13-9-8-10-15(2,3)14(13)17/h13H,5-12H2,1-4H3. The molecule has 17 heavy (non-hydrogen) atoms. The van der Waals surface area contributed by atoms with Crippen molar-refractivity contribution in [2.75, 3.05) is 20.1 Å². The molecule has 0 N–H and O–H groups in total. The van der Waals surface area contributed by atoms with Gasteiger partial charge in [-0.2, -0.15) is 0 Å². The monoisotopic (exact) mass is 239 g/mol. The van der Waals surface area contributed by atoms with Crippen LogP contribution in [0.2, 0.25) is 0 Å². The molecule has 1 saturated carbocycles. The molecular weight excluding hydrogens is 210 g/mol. The summed E-state index contributed by atoms with van der Waals surface area (Å²) in [5.41, 5.74) is -0.0762. The van der Waals surface area contributed by atoms with Crippen LogP contribution in [0.15, 0.2) is 0 Å².